The molecule has 0 unspecified atom stereocenters. The van der Waals surface area contributed by atoms with Crippen molar-refractivity contribution in [2.45, 2.75) is 25.3 Å². The monoisotopic (exact) mass is 267 g/mol. The fourth-order valence-electron chi connectivity index (χ4n) is 2.10. The molecule has 7 heteroatoms. The van der Waals surface area contributed by atoms with Crippen molar-refractivity contribution in [3.63, 3.8) is 0 Å². The lowest BCUT2D eigenvalue weighted by Gasteiger charge is -2.34. The zero-order valence-electron chi connectivity index (χ0n) is 11.0. The molecule has 2 N–H and O–H groups in total. The Morgan fingerprint density at radius 1 is 1.47 bits per heavy atom. The average Bonchev–Trinajstić information content (AvgIpc) is 2.42. The van der Waals surface area contributed by atoms with Crippen LogP contribution in [0.2, 0.25) is 0 Å². The fourth-order valence-corrected chi connectivity index (χ4v) is 2.10. The minimum absolute atomic E-state index is 0.397. The number of nitrogens with one attached hydrogen (secondary N) is 1. The molecular formula is C12H17N3O4. The summed E-state index contributed by atoms with van der Waals surface area (Å²) in [6.07, 6.45) is 2.14. The van der Waals surface area contributed by atoms with Crippen LogP contribution in [-0.4, -0.2) is 46.9 Å². The number of hydrogen-bond acceptors (Lipinski definition) is 6. The Labute approximate surface area is 111 Å². The third kappa shape index (κ3) is 2.60. The van der Waals surface area contributed by atoms with E-state index in [2.05, 4.69) is 15.3 Å². The molecule has 1 saturated heterocycles. The van der Waals surface area contributed by atoms with Crippen LogP contribution in [0.3, 0.4) is 0 Å². The first-order chi connectivity index (χ1) is 9.09. The highest BCUT2D eigenvalue weighted by atomic mass is 16.5. The molecule has 0 atom stereocenters. The lowest BCUT2D eigenvalue weighted by Crippen LogP contribution is -2.50. The van der Waals surface area contributed by atoms with Crippen molar-refractivity contribution < 1.29 is 19.4 Å². The van der Waals surface area contributed by atoms with Crippen LogP contribution in [0.4, 0.5) is 5.82 Å². The Morgan fingerprint density at radius 2 is 2.16 bits per heavy atom. The standard InChI is InChI=1S/C12H17N3O4/c1-8-9(13-7-14-10(8)18-2)15-12(11(16)17)3-5-19-6-4-12/h7H,3-6H2,1-2H3,(H,16,17)(H,13,14,15). The Kier molecular flexibility index (Phi) is 3.84. The summed E-state index contributed by atoms with van der Waals surface area (Å²) in [7, 11) is 1.51. The van der Waals surface area contributed by atoms with Crippen molar-refractivity contribution in [3.8, 4) is 5.88 Å². The van der Waals surface area contributed by atoms with Gasteiger partial charge in [-0.15, -0.1) is 0 Å². The minimum atomic E-state index is -1.04. The molecule has 1 aromatic heterocycles. The van der Waals surface area contributed by atoms with Crippen LogP contribution >= 0.6 is 0 Å². The van der Waals surface area contributed by atoms with Gasteiger partial charge in [-0.3, -0.25) is 0 Å². The van der Waals surface area contributed by atoms with Gasteiger partial charge in [0.25, 0.3) is 0 Å². The maximum atomic E-state index is 11.6. The number of hydrogen-bond donors (Lipinski definition) is 2. The molecular weight excluding hydrogens is 250 g/mol. The Bertz CT molecular complexity index is 472. The van der Waals surface area contributed by atoms with E-state index in [0.29, 0.717) is 43.3 Å². The smallest absolute Gasteiger partial charge is 0.329 e. The van der Waals surface area contributed by atoms with E-state index in [-0.39, 0.29) is 0 Å². The second-order valence-electron chi connectivity index (χ2n) is 4.48. The molecule has 104 valence electrons. The molecule has 1 aliphatic rings. The quantitative estimate of drug-likeness (QED) is 0.834. The van der Waals surface area contributed by atoms with Gasteiger partial charge in [-0.1, -0.05) is 0 Å². The summed E-state index contributed by atoms with van der Waals surface area (Å²) < 4.78 is 10.3. The number of nitrogens with zero attached hydrogens (tertiary/aromatic N) is 2. The summed E-state index contributed by atoms with van der Waals surface area (Å²) in [6, 6.07) is 0. The van der Waals surface area contributed by atoms with E-state index in [9.17, 15) is 9.90 Å². The summed E-state index contributed by atoms with van der Waals surface area (Å²) in [5.74, 6) is 0.0222. The molecule has 1 fully saturated rings. The van der Waals surface area contributed by atoms with Crippen molar-refractivity contribution in [1.29, 1.82) is 0 Å². The third-order valence-corrected chi connectivity index (χ3v) is 3.34. The van der Waals surface area contributed by atoms with Crippen LogP contribution in [0.1, 0.15) is 18.4 Å². The lowest BCUT2D eigenvalue weighted by atomic mass is 9.90. The van der Waals surface area contributed by atoms with Crippen molar-refractivity contribution in [3.05, 3.63) is 11.9 Å². The second kappa shape index (κ2) is 5.40. The number of rotatable bonds is 4. The number of methoxy groups -OCH3 is 1. The summed E-state index contributed by atoms with van der Waals surface area (Å²) >= 11 is 0. The molecule has 0 amide bonds. The predicted molar refractivity (Wildman–Crippen MR) is 67.4 cm³/mol. The Hall–Kier alpha value is -1.89. The lowest BCUT2D eigenvalue weighted by molar-refractivity contribution is -0.145. The molecule has 0 radical (unpaired) electrons. The molecule has 0 aromatic carbocycles. The van der Waals surface area contributed by atoms with Gasteiger partial charge in [-0.05, 0) is 6.92 Å². The second-order valence-corrected chi connectivity index (χ2v) is 4.48. The zero-order valence-corrected chi connectivity index (χ0v) is 11.0. The van der Waals surface area contributed by atoms with Gasteiger partial charge >= 0.3 is 5.97 Å². The Morgan fingerprint density at radius 3 is 2.74 bits per heavy atom. The number of carboxylic acids is 1. The van der Waals surface area contributed by atoms with E-state index in [1.807, 2.05) is 0 Å². The first-order valence-electron chi connectivity index (χ1n) is 6.04. The highest BCUT2D eigenvalue weighted by Gasteiger charge is 2.41. The average molecular weight is 267 g/mol. The molecule has 0 bridgehead atoms. The molecule has 19 heavy (non-hydrogen) atoms. The van der Waals surface area contributed by atoms with Gasteiger partial charge in [-0.25, -0.2) is 14.8 Å². The van der Waals surface area contributed by atoms with Gasteiger partial charge < -0.3 is 19.9 Å². The van der Waals surface area contributed by atoms with Crippen LogP contribution in [0.25, 0.3) is 0 Å². The van der Waals surface area contributed by atoms with E-state index in [4.69, 9.17) is 9.47 Å². The normalized spacial score (nSPS) is 17.8. The highest BCUT2D eigenvalue weighted by Crippen LogP contribution is 2.29. The van der Waals surface area contributed by atoms with Gasteiger partial charge in [0, 0.05) is 26.1 Å². The SMILES string of the molecule is COc1ncnc(NC2(C(=O)O)CCOCC2)c1C. The maximum Gasteiger partial charge on any atom is 0.329 e. The predicted octanol–water partition coefficient (Wildman–Crippen LogP) is 0.839. The first kappa shape index (κ1) is 13.5. The van der Waals surface area contributed by atoms with E-state index in [1.54, 1.807) is 6.92 Å². The van der Waals surface area contributed by atoms with Gasteiger partial charge in [0.2, 0.25) is 5.88 Å². The molecule has 2 rings (SSSR count). The summed E-state index contributed by atoms with van der Waals surface area (Å²) in [6.45, 7) is 2.62. The maximum absolute atomic E-state index is 11.6. The zero-order chi connectivity index (χ0) is 13.9. The van der Waals surface area contributed by atoms with Crippen molar-refractivity contribution >= 4 is 11.8 Å². The largest absolute Gasteiger partial charge is 0.481 e. The number of ether oxygens (including phenoxy) is 2. The van der Waals surface area contributed by atoms with Crippen molar-refractivity contribution in [2.75, 3.05) is 25.6 Å². The summed E-state index contributed by atoms with van der Waals surface area (Å²) in [5.41, 5.74) is -0.348. The van der Waals surface area contributed by atoms with Crippen LogP contribution in [0, 0.1) is 6.92 Å². The van der Waals surface area contributed by atoms with E-state index in [0.717, 1.165) is 0 Å². The summed E-state index contributed by atoms with van der Waals surface area (Å²) in [4.78, 5) is 19.6. The van der Waals surface area contributed by atoms with E-state index < -0.39 is 11.5 Å². The van der Waals surface area contributed by atoms with Gasteiger partial charge in [-0.2, -0.15) is 0 Å². The summed E-state index contributed by atoms with van der Waals surface area (Å²) in [5, 5.41) is 12.5. The van der Waals surface area contributed by atoms with Gasteiger partial charge in [0.1, 0.15) is 17.7 Å². The van der Waals surface area contributed by atoms with Crippen LogP contribution in [0.15, 0.2) is 6.33 Å². The van der Waals surface area contributed by atoms with Crippen LogP contribution < -0.4 is 10.1 Å². The van der Waals surface area contributed by atoms with Gasteiger partial charge in [0.05, 0.1) is 12.7 Å². The topological polar surface area (TPSA) is 93.6 Å². The van der Waals surface area contributed by atoms with E-state index in [1.165, 1.54) is 13.4 Å². The fraction of sp³-hybridized carbons (Fsp3) is 0.583. The molecule has 0 aliphatic carbocycles. The van der Waals surface area contributed by atoms with E-state index >= 15 is 0 Å². The highest BCUT2D eigenvalue weighted by molar-refractivity contribution is 5.83. The molecule has 2 heterocycles. The minimum Gasteiger partial charge on any atom is -0.481 e. The number of carbonyl (C=O) groups is 1. The number of anilines is 1. The number of aliphatic carboxylic acids is 1. The molecule has 0 spiro atoms. The molecule has 1 aliphatic heterocycles. The van der Waals surface area contributed by atoms with Crippen molar-refractivity contribution in [2.24, 2.45) is 0 Å². The third-order valence-electron chi connectivity index (χ3n) is 3.34. The molecule has 7 nitrogen and oxygen atoms in total. The van der Waals surface area contributed by atoms with Gasteiger partial charge in [0.15, 0.2) is 0 Å². The number of aromatic nitrogens is 2. The van der Waals surface area contributed by atoms with Crippen LogP contribution in [-0.2, 0) is 9.53 Å². The molecule has 0 saturated carbocycles. The molecule has 1 aromatic rings. The van der Waals surface area contributed by atoms with Crippen molar-refractivity contribution in [1.82, 2.24) is 9.97 Å². The number of carboxylic acid groups (broad SMARTS) is 1. The Balaban J connectivity index is 2.29. The van der Waals surface area contributed by atoms with Crippen LogP contribution in [0.5, 0.6) is 5.88 Å². The first-order valence-corrected chi connectivity index (χ1v) is 6.04.